The van der Waals surface area contributed by atoms with Gasteiger partial charge in [-0.05, 0) is 72.6 Å². The minimum Gasteiger partial charge on any atom is -0.489 e. The van der Waals surface area contributed by atoms with Gasteiger partial charge in [-0.3, -0.25) is 4.79 Å². The lowest BCUT2D eigenvalue weighted by Crippen LogP contribution is -2.19. The molecule has 1 saturated heterocycles. The van der Waals surface area contributed by atoms with Gasteiger partial charge in [0.05, 0.1) is 16.2 Å². The summed E-state index contributed by atoms with van der Waals surface area (Å²) in [7, 11) is 0. The van der Waals surface area contributed by atoms with Crippen LogP contribution in [0.25, 0.3) is 6.08 Å². The van der Waals surface area contributed by atoms with Gasteiger partial charge in [-0.1, -0.05) is 48.0 Å². The number of nitrogens with zero attached hydrogens (tertiary/aromatic N) is 1. The summed E-state index contributed by atoms with van der Waals surface area (Å²) in [4.78, 5) is 28.6. The second kappa shape index (κ2) is 9.75. The highest BCUT2D eigenvalue weighted by molar-refractivity contribution is 8.18. The average molecular weight is 459 g/mol. The number of hydrogen-bond acceptors (Lipinski definition) is 5. The molecule has 7 heteroatoms. The number of aliphatic imine (C=N–C) groups is 1. The summed E-state index contributed by atoms with van der Waals surface area (Å²) in [6, 6.07) is 20.4. The molecule has 0 radical (unpaired) electrons. The van der Waals surface area contributed by atoms with Crippen LogP contribution in [0.3, 0.4) is 0 Å². The van der Waals surface area contributed by atoms with Crippen LogP contribution < -0.4 is 10.1 Å². The molecule has 0 spiro atoms. The van der Waals surface area contributed by atoms with Gasteiger partial charge in [0, 0.05) is 0 Å². The number of nitrogens with one attached hydrogen (secondary N) is 1. The highest BCUT2D eigenvalue weighted by atomic mass is 32.2. The number of carboxylic acid groups (broad SMARTS) is 1. The third-order valence-electron chi connectivity index (χ3n) is 5.03. The van der Waals surface area contributed by atoms with Crippen molar-refractivity contribution in [1.29, 1.82) is 0 Å². The molecule has 3 aromatic carbocycles. The number of carboxylic acids is 1. The van der Waals surface area contributed by atoms with Gasteiger partial charge in [0.15, 0.2) is 5.17 Å². The molecule has 0 saturated carbocycles. The van der Waals surface area contributed by atoms with Gasteiger partial charge in [-0.25, -0.2) is 9.79 Å². The fourth-order valence-corrected chi connectivity index (χ4v) is 3.95. The summed E-state index contributed by atoms with van der Waals surface area (Å²) in [5, 5.41) is 12.3. The topological polar surface area (TPSA) is 88.0 Å². The quantitative estimate of drug-likeness (QED) is 0.478. The Morgan fingerprint density at radius 2 is 1.79 bits per heavy atom. The van der Waals surface area contributed by atoms with E-state index in [9.17, 15) is 14.7 Å². The smallest absolute Gasteiger partial charge is 0.335 e. The van der Waals surface area contributed by atoms with E-state index in [1.807, 2.05) is 50.2 Å². The maximum atomic E-state index is 12.4. The lowest BCUT2D eigenvalue weighted by molar-refractivity contribution is -0.115. The van der Waals surface area contributed by atoms with E-state index in [2.05, 4.69) is 22.4 Å². The van der Waals surface area contributed by atoms with Crippen LogP contribution in [0.4, 0.5) is 5.69 Å². The SMILES string of the molecule is Cc1ccc(COc2ccc(/C=C3\SC(=Nc4cc(C(=O)O)ccc4C)NC3=O)cc2)cc1. The highest BCUT2D eigenvalue weighted by Crippen LogP contribution is 2.30. The van der Waals surface area contributed by atoms with Gasteiger partial charge in [-0.15, -0.1) is 0 Å². The van der Waals surface area contributed by atoms with Crippen LogP contribution in [0.2, 0.25) is 0 Å². The molecule has 1 aliphatic rings. The van der Waals surface area contributed by atoms with Gasteiger partial charge in [-0.2, -0.15) is 0 Å². The highest BCUT2D eigenvalue weighted by Gasteiger charge is 2.24. The van der Waals surface area contributed by atoms with E-state index in [1.54, 1.807) is 12.1 Å². The zero-order valence-electron chi connectivity index (χ0n) is 18.2. The largest absolute Gasteiger partial charge is 0.489 e. The zero-order valence-corrected chi connectivity index (χ0v) is 19.0. The summed E-state index contributed by atoms with van der Waals surface area (Å²) >= 11 is 1.22. The summed E-state index contributed by atoms with van der Waals surface area (Å²) in [5.41, 5.74) is 4.65. The van der Waals surface area contributed by atoms with E-state index in [-0.39, 0.29) is 11.5 Å². The fraction of sp³-hybridized carbons (Fsp3) is 0.115. The molecule has 0 atom stereocenters. The summed E-state index contributed by atoms with van der Waals surface area (Å²) < 4.78 is 5.83. The maximum Gasteiger partial charge on any atom is 0.335 e. The first-order valence-corrected chi connectivity index (χ1v) is 11.1. The van der Waals surface area contributed by atoms with E-state index >= 15 is 0 Å². The minimum atomic E-state index is -1.02. The lowest BCUT2D eigenvalue weighted by Gasteiger charge is -2.07. The number of benzene rings is 3. The Kier molecular flexibility index (Phi) is 6.60. The van der Waals surface area contributed by atoms with Crippen molar-refractivity contribution >= 4 is 40.6 Å². The Hall–Kier alpha value is -3.84. The maximum absolute atomic E-state index is 12.4. The Balaban J connectivity index is 1.43. The van der Waals surface area contributed by atoms with Crippen LogP contribution in [0, 0.1) is 13.8 Å². The minimum absolute atomic E-state index is 0.148. The number of ether oxygens (including phenoxy) is 1. The second-order valence-corrected chi connectivity index (χ2v) is 8.66. The number of thioether (sulfide) groups is 1. The van der Waals surface area contributed by atoms with Crippen molar-refractivity contribution < 1.29 is 19.4 Å². The number of aryl methyl sites for hydroxylation is 2. The van der Waals surface area contributed by atoms with Crippen LogP contribution >= 0.6 is 11.8 Å². The molecule has 33 heavy (non-hydrogen) atoms. The molecule has 1 fully saturated rings. The average Bonchev–Trinajstić information content (AvgIpc) is 3.14. The predicted molar refractivity (Wildman–Crippen MR) is 131 cm³/mol. The Labute approximate surface area is 196 Å². The molecule has 166 valence electrons. The summed E-state index contributed by atoms with van der Waals surface area (Å²) in [6.07, 6.45) is 1.78. The fourth-order valence-electron chi connectivity index (χ4n) is 3.12. The number of amides is 1. The van der Waals surface area contributed by atoms with E-state index in [4.69, 9.17) is 4.74 Å². The van der Waals surface area contributed by atoms with Crippen LogP contribution in [0.1, 0.15) is 32.6 Å². The van der Waals surface area contributed by atoms with Crippen LogP contribution in [-0.4, -0.2) is 22.2 Å². The molecule has 6 nitrogen and oxygen atoms in total. The molecule has 1 amide bonds. The number of aromatic carboxylic acids is 1. The number of carbonyl (C=O) groups excluding carboxylic acids is 1. The van der Waals surface area contributed by atoms with Crippen molar-refractivity contribution in [3.63, 3.8) is 0 Å². The first-order chi connectivity index (χ1) is 15.9. The van der Waals surface area contributed by atoms with Crippen molar-refractivity contribution in [1.82, 2.24) is 5.32 Å². The molecule has 0 unspecified atom stereocenters. The van der Waals surface area contributed by atoms with E-state index < -0.39 is 5.97 Å². The van der Waals surface area contributed by atoms with Crippen LogP contribution in [0.5, 0.6) is 5.75 Å². The number of carbonyl (C=O) groups is 2. The van der Waals surface area contributed by atoms with Gasteiger partial charge in [0.25, 0.3) is 5.91 Å². The molecular weight excluding hydrogens is 436 g/mol. The molecule has 2 N–H and O–H groups in total. The van der Waals surface area contributed by atoms with E-state index in [0.717, 1.165) is 22.4 Å². The van der Waals surface area contributed by atoms with Gasteiger partial charge in [0.2, 0.25) is 0 Å². The zero-order chi connectivity index (χ0) is 23.4. The molecule has 1 aliphatic heterocycles. The molecular formula is C26H22N2O4S. The van der Waals surface area contributed by atoms with Crippen molar-refractivity contribution in [2.45, 2.75) is 20.5 Å². The third kappa shape index (κ3) is 5.70. The molecule has 4 rings (SSSR count). The lowest BCUT2D eigenvalue weighted by atomic mass is 10.1. The van der Waals surface area contributed by atoms with Crippen molar-refractivity contribution in [3.05, 3.63) is 99.5 Å². The molecule has 0 aliphatic carbocycles. The van der Waals surface area contributed by atoms with Crippen LogP contribution in [0.15, 0.2) is 76.6 Å². The summed E-state index contributed by atoms with van der Waals surface area (Å²) in [6.45, 7) is 4.38. The van der Waals surface area contributed by atoms with Crippen molar-refractivity contribution in [3.8, 4) is 5.75 Å². The second-order valence-electron chi connectivity index (χ2n) is 7.63. The van der Waals surface area contributed by atoms with Crippen LogP contribution in [-0.2, 0) is 11.4 Å². The summed E-state index contributed by atoms with van der Waals surface area (Å²) in [5.74, 6) is -0.519. The first-order valence-electron chi connectivity index (χ1n) is 10.3. The molecule has 0 aromatic heterocycles. The predicted octanol–water partition coefficient (Wildman–Crippen LogP) is 5.47. The standard InChI is InChI=1S/C26H22N2O4S/c1-16-3-6-19(7-4-16)15-32-21-11-8-18(9-12-21)13-23-24(29)28-26(33-23)27-22-14-20(25(30)31)10-5-17(22)2/h3-14H,15H2,1-2H3,(H,30,31)(H,27,28,29)/b23-13-. The molecule has 1 heterocycles. The number of rotatable bonds is 6. The Morgan fingerprint density at radius 3 is 2.48 bits per heavy atom. The third-order valence-corrected chi connectivity index (χ3v) is 5.94. The van der Waals surface area contributed by atoms with E-state index in [1.165, 1.54) is 29.5 Å². The first kappa shape index (κ1) is 22.4. The molecule has 3 aromatic rings. The Bertz CT molecular complexity index is 1260. The number of hydrogen-bond donors (Lipinski definition) is 2. The normalized spacial score (nSPS) is 15.6. The van der Waals surface area contributed by atoms with Crippen molar-refractivity contribution in [2.24, 2.45) is 4.99 Å². The number of amidine groups is 1. The van der Waals surface area contributed by atoms with Gasteiger partial charge < -0.3 is 15.2 Å². The van der Waals surface area contributed by atoms with Gasteiger partial charge >= 0.3 is 5.97 Å². The van der Waals surface area contributed by atoms with Gasteiger partial charge in [0.1, 0.15) is 12.4 Å². The Morgan fingerprint density at radius 1 is 1.06 bits per heavy atom. The molecule has 0 bridgehead atoms. The monoisotopic (exact) mass is 458 g/mol. The van der Waals surface area contributed by atoms with Crippen molar-refractivity contribution in [2.75, 3.05) is 0 Å². The van der Waals surface area contributed by atoms with E-state index in [0.29, 0.717) is 22.4 Å².